The van der Waals surface area contributed by atoms with Gasteiger partial charge >= 0.3 is 0 Å². The van der Waals surface area contributed by atoms with Crippen molar-refractivity contribution in [3.63, 3.8) is 0 Å². The van der Waals surface area contributed by atoms with E-state index in [4.69, 9.17) is 11.6 Å². The van der Waals surface area contributed by atoms with Crippen LogP contribution < -0.4 is 4.90 Å². The average molecular weight is 400 g/mol. The maximum absolute atomic E-state index is 13.9. The van der Waals surface area contributed by atoms with Crippen molar-refractivity contribution in [2.24, 2.45) is 11.3 Å². The Hall–Kier alpha value is -2.91. The summed E-state index contributed by atoms with van der Waals surface area (Å²) < 4.78 is 0. The van der Waals surface area contributed by atoms with Crippen LogP contribution in [0, 0.1) is 11.3 Å². The summed E-state index contributed by atoms with van der Waals surface area (Å²) in [6.45, 7) is 1.97. The molecule has 2 bridgehead atoms. The number of para-hydroxylation sites is 1. The first-order chi connectivity index (χ1) is 14.0. The Labute approximate surface area is 173 Å². The van der Waals surface area contributed by atoms with E-state index in [1.807, 2.05) is 37.3 Å². The molecule has 0 aromatic heterocycles. The van der Waals surface area contributed by atoms with E-state index in [0.29, 0.717) is 10.7 Å². The number of carbonyl (C=O) groups is 2. The zero-order valence-corrected chi connectivity index (χ0v) is 16.6. The summed E-state index contributed by atoms with van der Waals surface area (Å²) >= 11 is 6.40. The Morgan fingerprint density at radius 3 is 1.90 bits per heavy atom. The van der Waals surface area contributed by atoms with E-state index in [9.17, 15) is 9.59 Å². The van der Waals surface area contributed by atoms with Crippen LogP contribution >= 0.6 is 11.6 Å². The van der Waals surface area contributed by atoms with Gasteiger partial charge in [-0.3, -0.25) is 9.59 Å². The number of carbonyl (C=O) groups excluding carboxylic acids is 2. The van der Waals surface area contributed by atoms with E-state index in [1.165, 1.54) is 16.0 Å². The molecular formula is C25H18ClNO2. The highest BCUT2D eigenvalue weighted by atomic mass is 35.5. The molecule has 0 unspecified atom stereocenters. The first-order valence-corrected chi connectivity index (χ1v) is 10.2. The van der Waals surface area contributed by atoms with Gasteiger partial charge in [0.15, 0.2) is 0 Å². The van der Waals surface area contributed by atoms with Crippen LogP contribution in [0.5, 0.6) is 0 Å². The molecule has 1 aliphatic heterocycles. The lowest BCUT2D eigenvalue weighted by Gasteiger charge is -2.51. The highest BCUT2D eigenvalue weighted by molar-refractivity contribution is 6.36. The minimum atomic E-state index is -0.830. The van der Waals surface area contributed by atoms with E-state index in [0.717, 1.165) is 11.1 Å². The van der Waals surface area contributed by atoms with Gasteiger partial charge in [-0.1, -0.05) is 72.3 Å². The summed E-state index contributed by atoms with van der Waals surface area (Å²) in [5.41, 5.74) is 4.31. The number of anilines is 1. The lowest BCUT2D eigenvalue weighted by molar-refractivity contribution is -0.128. The van der Waals surface area contributed by atoms with Gasteiger partial charge < -0.3 is 0 Å². The Balaban J connectivity index is 1.64. The van der Waals surface area contributed by atoms with Crippen LogP contribution in [0.1, 0.15) is 41.0 Å². The van der Waals surface area contributed by atoms with Crippen LogP contribution in [0.2, 0.25) is 5.02 Å². The van der Waals surface area contributed by atoms with E-state index in [-0.39, 0.29) is 23.7 Å². The topological polar surface area (TPSA) is 37.4 Å². The van der Waals surface area contributed by atoms with Gasteiger partial charge in [-0.2, -0.15) is 0 Å². The van der Waals surface area contributed by atoms with E-state index < -0.39 is 11.3 Å². The first-order valence-electron chi connectivity index (χ1n) is 9.85. The maximum atomic E-state index is 13.9. The number of halogens is 1. The number of rotatable bonds is 1. The lowest BCUT2D eigenvalue weighted by atomic mass is 9.48. The number of hydrogen-bond acceptors (Lipinski definition) is 2. The molecule has 1 saturated heterocycles. The quantitative estimate of drug-likeness (QED) is 0.532. The fraction of sp³-hybridized carbons (Fsp3) is 0.200. The summed E-state index contributed by atoms with van der Waals surface area (Å²) in [7, 11) is 0. The van der Waals surface area contributed by atoms with Crippen molar-refractivity contribution in [3.05, 3.63) is 100 Å². The first kappa shape index (κ1) is 17.0. The molecule has 1 fully saturated rings. The zero-order chi connectivity index (χ0) is 19.9. The van der Waals surface area contributed by atoms with Crippen LogP contribution in [-0.2, 0) is 9.59 Å². The largest absolute Gasteiger partial charge is 0.274 e. The Morgan fingerprint density at radius 2 is 1.31 bits per heavy atom. The van der Waals surface area contributed by atoms with Gasteiger partial charge in [-0.05, 0) is 41.3 Å². The molecule has 3 nitrogen and oxygen atoms in total. The van der Waals surface area contributed by atoms with Gasteiger partial charge in [-0.25, -0.2) is 4.90 Å². The Morgan fingerprint density at radius 1 is 0.793 bits per heavy atom. The summed E-state index contributed by atoms with van der Waals surface area (Å²) in [5.74, 6) is -1.000. The molecule has 29 heavy (non-hydrogen) atoms. The fourth-order valence-corrected chi connectivity index (χ4v) is 6.20. The summed E-state index contributed by atoms with van der Waals surface area (Å²) in [6.07, 6.45) is 0. The predicted octanol–water partition coefficient (Wildman–Crippen LogP) is 5.13. The fourth-order valence-electron chi connectivity index (χ4n) is 5.98. The third-order valence-corrected chi connectivity index (χ3v) is 7.43. The minimum Gasteiger partial charge on any atom is -0.274 e. The normalized spacial score (nSPS) is 28.9. The zero-order valence-electron chi connectivity index (χ0n) is 15.8. The van der Waals surface area contributed by atoms with Crippen LogP contribution in [0.15, 0.2) is 72.8 Å². The van der Waals surface area contributed by atoms with Gasteiger partial charge in [0.25, 0.3) is 0 Å². The van der Waals surface area contributed by atoms with E-state index in [1.54, 1.807) is 18.2 Å². The second kappa shape index (κ2) is 5.58. The van der Waals surface area contributed by atoms with Crippen molar-refractivity contribution >= 4 is 29.1 Å². The lowest BCUT2D eigenvalue weighted by Crippen LogP contribution is -2.49. The van der Waals surface area contributed by atoms with Gasteiger partial charge in [0, 0.05) is 11.8 Å². The standard InChI is InChI=1S/C25H18ClNO2/c1-25-21-16-10-4-2-8-14(16)20(15-9-3-5-11-17(15)21)22(25)23(28)27(24(25)29)19-13-7-6-12-18(19)26/h2-13,20-22H,1H3/t20?,21?,22-,25-/m1/s1. The van der Waals surface area contributed by atoms with Crippen molar-refractivity contribution < 1.29 is 9.59 Å². The molecular weight excluding hydrogens is 382 g/mol. The van der Waals surface area contributed by atoms with Gasteiger partial charge in [0.2, 0.25) is 11.8 Å². The van der Waals surface area contributed by atoms with Crippen LogP contribution in [0.4, 0.5) is 5.69 Å². The minimum absolute atomic E-state index is 0.124. The van der Waals surface area contributed by atoms with Crippen LogP contribution in [0.25, 0.3) is 0 Å². The number of benzene rings is 3. The molecule has 0 N–H and O–H groups in total. The molecule has 0 spiro atoms. The SMILES string of the molecule is C[C@]12C(=O)N(c3ccccc3Cl)C(=O)[C@H]1C1c3ccccc3C2c2ccccc21. The number of nitrogens with zero attached hydrogens (tertiary/aromatic N) is 1. The van der Waals surface area contributed by atoms with Crippen molar-refractivity contribution in [2.75, 3.05) is 4.90 Å². The smallest absolute Gasteiger partial charge is 0.241 e. The highest BCUT2D eigenvalue weighted by Gasteiger charge is 2.68. The molecule has 3 aliphatic carbocycles. The van der Waals surface area contributed by atoms with Crippen molar-refractivity contribution in [1.29, 1.82) is 0 Å². The number of imide groups is 1. The van der Waals surface area contributed by atoms with Gasteiger partial charge in [0.1, 0.15) is 0 Å². The summed E-state index contributed by atoms with van der Waals surface area (Å²) in [6, 6.07) is 23.6. The third-order valence-electron chi connectivity index (χ3n) is 7.11. The molecule has 2 amide bonds. The summed E-state index contributed by atoms with van der Waals surface area (Å²) in [5, 5.41) is 0.416. The molecule has 3 aromatic carbocycles. The van der Waals surface area contributed by atoms with Gasteiger partial charge in [-0.15, -0.1) is 0 Å². The van der Waals surface area contributed by atoms with Crippen molar-refractivity contribution in [2.45, 2.75) is 18.8 Å². The maximum Gasteiger partial charge on any atom is 0.241 e. The Kier molecular flexibility index (Phi) is 3.27. The number of amides is 2. The van der Waals surface area contributed by atoms with Crippen molar-refractivity contribution in [3.8, 4) is 0 Å². The van der Waals surface area contributed by atoms with Crippen LogP contribution in [0.3, 0.4) is 0 Å². The molecule has 1 heterocycles. The number of hydrogen-bond donors (Lipinski definition) is 0. The second-order valence-electron chi connectivity index (χ2n) is 8.36. The molecule has 0 radical (unpaired) electrons. The third kappa shape index (κ3) is 1.89. The molecule has 0 saturated carbocycles. The molecule has 7 rings (SSSR count). The summed E-state index contributed by atoms with van der Waals surface area (Å²) in [4.78, 5) is 29.0. The molecule has 3 aromatic rings. The average Bonchev–Trinajstić information content (AvgIpc) is 2.95. The molecule has 142 valence electrons. The molecule has 4 aliphatic rings. The van der Waals surface area contributed by atoms with Crippen molar-refractivity contribution in [1.82, 2.24) is 0 Å². The second-order valence-corrected chi connectivity index (χ2v) is 8.77. The van der Waals surface area contributed by atoms with Crippen LogP contribution in [-0.4, -0.2) is 11.8 Å². The van der Waals surface area contributed by atoms with E-state index in [2.05, 4.69) is 24.3 Å². The Bertz CT molecular complexity index is 1170. The monoisotopic (exact) mass is 399 g/mol. The van der Waals surface area contributed by atoms with Gasteiger partial charge in [0.05, 0.1) is 22.0 Å². The molecule has 2 atom stereocenters. The highest BCUT2D eigenvalue weighted by Crippen LogP contribution is 2.67. The molecule has 4 heteroatoms. The predicted molar refractivity (Wildman–Crippen MR) is 112 cm³/mol. The van der Waals surface area contributed by atoms with E-state index >= 15 is 0 Å².